The second-order valence-electron chi connectivity index (χ2n) is 4.95. The number of nitrogens with one attached hydrogen (secondary N) is 2. The Bertz CT molecular complexity index is 840. The third-order valence-electron chi connectivity index (χ3n) is 3.10. The Labute approximate surface area is 142 Å². The maximum atomic E-state index is 13.2. The van der Waals surface area contributed by atoms with Crippen molar-refractivity contribution in [2.75, 3.05) is 12.5 Å². The second kappa shape index (κ2) is 7.90. The van der Waals surface area contributed by atoms with Crippen LogP contribution in [0.25, 0.3) is 0 Å². The van der Waals surface area contributed by atoms with Gasteiger partial charge in [0, 0.05) is 12.6 Å². The number of amides is 1. The van der Waals surface area contributed by atoms with Crippen molar-refractivity contribution in [3.8, 4) is 0 Å². The molecule has 3 N–H and O–H groups in total. The molecule has 0 radical (unpaired) electrons. The van der Waals surface area contributed by atoms with E-state index in [9.17, 15) is 14.0 Å². The van der Waals surface area contributed by atoms with E-state index in [2.05, 4.69) is 31.0 Å². The monoisotopic (exact) mass is 346 g/mol. The van der Waals surface area contributed by atoms with Crippen molar-refractivity contribution in [3.63, 3.8) is 0 Å². The average Bonchev–Trinajstić information content (AvgIpc) is 2.60. The fraction of sp³-hybridized carbons (Fsp3) is 0.200. The van der Waals surface area contributed by atoms with Gasteiger partial charge in [0.25, 0.3) is 5.91 Å². The van der Waals surface area contributed by atoms with Crippen LogP contribution in [0.2, 0.25) is 0 Å². The Kier molecular flexibility index (Phi) is 5.66. The van der Waals surface area contributed by atoms with Gasteiger partial charge in [0.15, 0.2) is 5.69 Å². The number of aromatic carboxylic acids is 1. The molecular weight excluding hydrogens is 331 g/mol. The van der Waals surface area contributed by atoms with Crippen LogP contribution in [0.3, 0.4) is 0 Å². The smallest absolute Gasteiger partial charge is 0.354 e. The summed E-state index contributed by atoms with van der Waals surface area (Å²) in [5.74, 6) is -2.43. The van der Waals surface area contributed by atoms with Crippen molar-refractivity contribution in [1.29, 1.82) is 0 Å². The first-order valence-corrected chi connectivity index (χ1v) is 7.11. The summed E-state index contributed by atoms with van der Waals surface area (Å²) < 4.78 is 13.2. The summed E-state index contributed by atoms with van der Waals surface area (Å²) >= 11 is 0. The number of nitrogens with zero attached hydrogens (tertiary/aromatic N) is 4. The molecule has 1 heterocycles. The Morgan fingerprint density at radius 2 is 1.96 bits per heavy atom. The van der Waals surface area contributed by atoms with Crippen molar-refractivity contribution < 1.29 is 19.1 Å². The van der Waals surface area contributed by atoms with Crippen LogP contribution in [0.15, 0.2) is 34.6 Å². The molecule has 0 saturated heterocycles. The highest BCUT2D eigenvalue weighted by Crippen LogP contribution is 2.10. The molecular formula is C15H15FN6O3. The first-order chi connectivity index (χ1) is 11.9. The molecule has 0 aliphatic heterocycles. The summed E-state index contributed by atoms with van der Waals surface area (Å²) in [5, 5.41) is 18.5. The van der Waals surface area contributed by atoms with E-state index in [1.54, 1.807) is 19.1 Å². The van der Waals surface area contributed by atoms with Gasteiger partial charge in [-0.25, -0.2) is 24.6 Å². The lowest BCUT2D eigenvalue weighted by Gasteiger charge is -2.08. The summed E-state index contributed by atoms with van der Waals surface area (Å²) in [5.41, 5.74) is 2.95. The molecule has 0 spiro atoms. The number of rotatable bonds is 6. The molecule has 0 unspecified atom stereocenters. The Hall–Kier alpha value is -3.43. The minimum Gasteiger partial charge on any atom is -0.477 e. The fourth-order valence-electron chi connectivity index (χ4n) is 1.91. The molecule has 1 aromatic heterocycles. The first-order valence-electron chi connectivity index (χ1n) is 7.11. The molecule has 2 rings (SSSR count). The van der Waals surface area contributed by atoms with Crippen molar-refractivity contribution in [3.05, 3.63) is 52.6 Å². The number of hydrogen-bond donors (Lipinski definition) is 3. The van der Waals surface area contributed by atoms with Crippen LogP contribution in [-0.4, -0.2) is 34.0 Å². The standard InChI is InChI=1S/C15H15FN6O3/c1-8-5-9(3-4-10(8)16)7-18-13(23)11-6-12(14(24)25)20-15(19-11)21-22-17-2/h3-6H,7H2,1-2H3,(H,18,23)(H,24,25)(H,17,19,20,21). The van der Waals surface area contributed by atoms with E-state index < -0.39 is 11.9 Å². The Morgan fingerprint density at radius 1 is 1.24 bits per heavy atom. The van der Waals surface area contributed by atoms with E-state index in [-0.39, 0.29) is 29.7 Å². The van der Waals surface area contributed by atoms with Gasteiger partial charge in [-0.05, 0) is 24.1 Å². The lowest BCUT2D eigenvalue weighted by molar-refractivity contribution is 0.0690. The molecule has 25 heavy (non-hydrogen) atoms. The number of halogens is 1. The average molecular weight is 346 g/mol. The normalized spacial score (nSPS) is 10.7. The maximum absolute atomic E-state index is 13.2. The number of benzene rings is 1. The zero-order valence-corrected chi connectivity index (χ0v) is 13.4. The summed E-state index contributed by atoms with van der Waals surface area (Å²) in [6.07, 6.45) is 0. The summed E-state index contributed by atoms with van der Waals surface area (Å²) in [6.45, 7) is 1.74. The van der Waals surface area contributed by atoms with Gasteiger partial charge in [-0.3, -0.25) is 4.79 Å². The van der Waals surface area contributed by atoms with Crippen molar-refractivity contribution in [2.24, 2.45) is 10.3 Å². The molecule has 0 atom stereocenters. The van der Waals surface area contributed by atoms with Crippen LogP contribution in [-0.2, 0) is 6.54 Å². The van der Waals surface area contributed by atoms with E-state index in [0.29, 0.717) is 11.1 Å². The van der Waals surface area contributed by atoms with Gasteiger partial charge < -0.3 is 10.4 Å². The predicted molar refractivity (Wildman–Crippen MR) is 85.7 cm³/mol. The Balaban J connectivity index is 2.17. The quantitative estimate of drug-likeness (QED) is 0.542. The van der Waals surface area contributed by atoms with Gasteiger partial charge in [0.2, 0.25) is 5.95 Å². The molecule has 9 nitrogen and oxygen atoms in total. The number of aromatic nitrogens is 2. The number of carbonyl (C=O) groups is 2. The Morgan fingerprint density at radius 3 is 2.60 bits per heavy atom. The van der Waals surface area contributed by atoms with Crippen LogP contribution < -0.4 is 10.7 Å². The molecule has 1 aromatic carbocycles. The topological polar surface area (TPSA) is 129 Å². The van der Waals surface area contributed by atoms with Crippen LogP contribution in [0.4, 0.5) is 10.3 Å². The SMILES string of the molecule is CN=NNc1nc(C(=O)O)cc(C(=O)NCc2ccc(F)c(C)c2)n1. The third-order valence-corrected chi connectivity index (χ3v) is 3.10. The van der Waals surface area contributed by atoms with Crippen molar-refractivity contribution >= 4 is 17.8 Å². The minimum absolute atomic E-state index is 0.129. The molecule has 0 aliphatic carbocycles. The minimum atomic E-state index is -1.32. The molecule has 10 heteroatoms. The molecule has 2 aromatic rings. The zero-order valence-electron chi connectivity index (χ0n) is 13.4. The highest BCUT2D eigenvalue weighted by atomic mass is 19.1. The number of hydrogen-bond acceptors (Lipinski definition) is 6. The second-order valence-corrected chi connectivity index (χ2v) is 4.95. The van der Waals surface area contributed by atoms with Crippen LogP contribution in [0.1, 0.15) is 32.1 Å². The van der Waals surface area contributed by atoms with E-state index >= 15 is 0 Å². The molecule has 0 saturated carbocycles. The summed E-state index contributed by atoms with van der Waals surface area (Å²) in [6, 6.07) is 5.50. The third kappa shape index (κ3) is 4.77. The van der Waals surface area contributed by atoms with E-state index in [1.807, 2.05) is 0 Å². The largest absolute Gasteiger partial charge is 0.477 e. The van der Waals surface area contributed by atoms with Gasteiger partial charge in [-0.15, -0.1) is 0 Å². The van der Waals surface area contributed by atoms with Crippen LogP contribution >= 0.6 is 0 Å². The highest BCUT2D eigenvalue weighted by molar-refractivity contribution is 5.95. The van der Waals surface area contributed by atoms with Gasteiger partial charge >= 0.3 is 5.97 Å². The number of anilines is 1. The number of carboxylic acids is 1. The van der Waals surface area contributed by atoms with Gasteiger partial charge in [0.05, 0.1) is 7.05 Å². The van der Waals surface area contributed by atoms with Crippen molar-refractivity contribution in [2.45, 2.75) is 13.5 Å². The molecule has 0 fully saturated rings. The van der Waals surface area contributed by atoms with Crippen LogP contribution in [0.5, 0.6) is 0 Å². The molecule has 1 amide bonds. The number of carboxylic acid groups (broad SMARTS) is 1. The highest BCUT2D eigenvalue weighted by Gasteiger charge is 2.15. The summed E-state index contributed by atoms with van der Waals surface area (Å²) in [4.78, 5) is 30.9. The van der Waals surface area contributed by atoms with E-state index in [0.717, 1.165) is 6.07 Å². The van der Waals surface area contributed by atoms with E-state index in [4.69, 9.17) is 5.11 Å². The number of carbonyl (C=O) groups excluding carboxylic acids is 1. The van der Waals surface area contributed by atoms with Crippen LogP contribution in [0, 0.1) is 12.7 Å². The molecule has 0 bridgehead atoms. The van der Waals surface area contributed by atoms with Gasteiger partial charge in [-0.1, -0.05) is 17.4 Å². The zero-order chi connectivity index (χ0) is 18.4. The number of aryl methyl sites for hydroxylation is 1. The molecule has 0 aliphatic rings. The van der Waals surface area contributed by atoms with Crippen molar-refractivity contribution in [1.82, 2.24) is 15.3 Å². The lowest BCUT2D eigenvalue weighted by Crippen LogP contribution is -2.25. The molecule has 130 valence electrons. The summed E-state index contributed by atoms with van der Waals surface area (Å²) in [7, 11) is 1.40. The van der Waals surface area contributed by atoms with E-state index in [1.165, 1.54) is 13.1 Å². The van der Waals surface area contributed by atoms with Gasteiger partial charge in [-0.2, -0.15) is 5.11 Å². The fourth-order valence-corrected chi connectivity index (χ4v) is 1.91. The first kappa shape index (κ1) is 17.9. The van der Waals surface area contributed by atoms with Gasteiger partial charge in [0.1, 0.15) is 11.5 Å². The lowest BCUT2D eigenvalue weighted by atomic mass is 10.1. The maximum Gasteiger partial charge on any atom is 0.354 e. The predicted octanol–water partition coefficient (Wildman–Crippen LogP) is 1.96.